The maximum absolute atomic E-state index is 12.8. The number of aromatic amines is 1. The molecule has 1 aliphatic heterocycles. The summed E-state index contributed by atoms with van der Waals surface area (Å²) >= 11 is 0. The van der Waals surface area contributed by atoms with Gasteiger partial charge in [-0.15, -0.1) is 0 Å². The molecule has 2 aromatic carbocycles. The fourth-order valence-electron chi connectivity index (χ4n) is 3.79. The molecule has 6 heteroatoms. The molecule has 0 radical (unpaired) electrons. The topological polar surface area (TPSA) is 96.7 Å². The SMILES string of the molecule is N=CC(C=N)c1ccc(C(=O)N2CCC(c3nc4ccccc4[nH]3)CC2)cc1. The second kappa shape index (κ2) is 7.76. The Kier molecular flexibility index (Phi) is 5.02. The van der Waals surface area contributed by atoms with E-state index in [-0.39, 0.29) is 11.8 Å². The Labute approximate surface area is 163 Å². The summed E-state index contributed by atoms with van der Waals surface area (Å²) < 4.78 is 0. The number of hydrogen-bond acceptors (Lipinski definition) is 4. The molecule has 0 saturated carbocycles. The highest BCUT2D eigenvalue weighted by Crippen LogP contribution is 2.28. The van der Waals surface area contributed by atoms with Crippen LogP contribution in [0.4, 0.5) is 0 Å². The molecule has 1 aromatic heterocycles. The van der Waals surface area contributed by atoms with E-state index in [0.717, 1.165) is 35.3 Å². The molecule has 3 aromatic rings. The molecule has 0 aliphatic carbocycles. The van der Waals surface area contributed by atoms with E-state index in [0.29, 0.717) is 24.6 Å². The first-order valence-electron chi connectivity index (χ1n) is 9.54. The number of para-hydroxylation sites is 2. The zero-order valence-corrected chi connectivity index (χ0v) is 15.6. The molecule has 1 fully saturated rings. The van der Waals surface area contributed by atoms with Crippen LogP contribution < -0.4 is 0 Å². The molecule has 3 N–H and O–H groups in total. The van der Waals surface area contributed by atoms with E-state index in [1.54, 1.807) is 12.1 Å². The Bertz CT molecular complexity index is 958. The van der Waals surface area contributed by atoms with Crippen LogP contribution in [0.5, 0.6) is 0 Å². The predicted molar refractivity (Wildman–Crippen MR) is 111 cm³/mol. The number of piperidine rings is 1. The highest BCUT2D eigenvalue weighted by atomic mass is 16.2. The van der Waals surface area contributed by atoms with Gasteiger partial charge in [0.2, 0.25) is 0 Å². The number of aromatic nitrogens is 2. The van der Waals surface area contributed by atoms with Gasteiger partial charge in [0.05, 0.1) is 17.0 Å². The number of carbonyl (C=O) groups excluding carboxylic acids is 1. The molecule has 142 valence electrons. The van der Waals surface area contributed by atoms with Crippen molar-refractivity contribution < 1.29 is 4.79 Å². The molecule has 0 bridgehead atoms. The van der Waals surface area contributed by atoms with Crippen molar-refractivity contribution in [2.24, 2.45) is 0 Å². The van der Waals surface area contributed by atoms with Crippen molar-refractivity contribution in [1.29, 1.82) is 10.8 Å². The molecule has 4 rings (SSSR count). The van der Waals surface area contributed by atoms with Gasteiger partial charge < -0.3 is 20.7 Å². The standard InChI is InChI=1S/C22H23N5O/c23-13-18(14-24)15-5-7-17(8-6-15)22(28)27-11-9-16(10-12-27)21-25-19-3-1-2-4-20(19)26-21/h1-8,13-14,16,18,23-24H,9-12H2,(H,25,26). The minimum atomic E-state index is -0.330. The highest BCUT2D eigenvalue weighted by molar-refractivity contribution is 5.95. The molecular weight excluding hydrogens is 350 g/mol. The van der Waals surface area contributed by atoms with Gasteiger partial charge in [-0.1, -0.05) is 24.3 Å². The van der Waals surface area contributed by atoms with Crippen molar-refractivity contribution in [3.05, 3.63) is 65.5 Å². The first-order valence-corrected chi connectivity index (χ1v) is 9.54. The number of nitrogens with zero attached hydrogens (tertiary/aromatic N) is 2. The Morgan fingerprint density at radius 2 is 1.75 bits per heavy atom. The second-order valence-corrected chi connectivity index (χ2v) is 7.19. The first kappa shape index (κ1) is 18.1. The number of carbonyl (C=O) groups is 1. The molecule has 0 unspecified atom stereocenters. The van der Waals surface area contributed by atoms with Gasteiger partial charge in [-0.2, -0.15) is 0 Å². The van der Waals surface area contributed by atoms with E-state index in [1.165, 1.54) is 12.4 Å². The lowest BCUT2D eigenvalue weighted by atomic mass is 9.95. The van der Waals surface area contributed by atoms with Crippen LogP contribution in [0.25, 0.3) is 11.0 Å². The third-order valence-electron chi connectivity index (χ3n) is 5.48. The van der Waals surface area contributed by atoms with Gasteiger partial charge >= 0.3 is 0 Å². The van der Waals surface area contributed by atoms with Gasteiger partial charge in [0.25, 0.3) is 5.91 Å². The summed E-state index contributed by atoms with van der Waals surface area (Å²) in [6.45, 7) is 1.43. The largest absolute Gasteiger partial charge is 0.342 e. The van der Waals surface area contributed by atoms with Crippen molar-refractivity contribution in [3.8, 4) is 0 Å². The van der Waals surface area contributed by atoms with Crippen molar-refractivity contribution in [2.45, 2.75) is 24.7 Å². The van der Waals surface area contributed by atoms with E-state index < -0.39 is 0 Å². The number of H-pyrrole nitrogens is 1. The van der Waals surface area contributed by atoms with Gasteiger partial charge in [0.1, 0.15) is 5.82 Å². The molecular formula is C22H23N5O. The Morgan fingerprint density at radius 1 is 1.07 bits per heavy atom. The molecule has 1 aliphatic rings. The number of likely N-dealkylation sites (tertiary alicyclic amines) is 1. The minimum absolute atomic E-state index is 0.0378. The average Bonchev–Trinajstić information content (AvgIpc) is 3.19. The zero-order valence-electron chi connectivity index (χ0n) is 15.6. The first-order chi connectivity index (χ1) is 13.7. The Balaban J connectivity index is 1.41. The van der Waals surface area contributed by atoms with Gasteiger partial charge in [-0.3, -0.25) is 4.79 Å². The van der Waals surface area contributed by atoms with Crippen LogP contribution in [0.2, 0.25) is 0 Å². The summed E-state index contributed by atoms with van der Waals surface area (Å²) in [6, 6.07) is 15.3. The molecule has 28 heavy (non-hydrogen) atoms. The lowest BCUT2D eigenvalue weighted by molar-refractivity contribution is 0.0711. The summed E-state index contributed by atoms with van der Waals surface area (Å²) in [5.41, 5.74) is 3.55. The normalized spacial score (nSPS) is 16.1. The number of benzene rings is 2. The lowest BCUT2D eigenvalue weighted by Crippen LogP contribution is -2.38. The van der Waals surface area contributed by atoms with Crippen LogP contribution in [0.1, 0.15) is 46.4 Å². The third kappa shape index (κ3) is 3.45. The maximum atomic E-state index is 12.8. The molecule has 2 heterocycles. The van der Waals surface area contributed by atoms with Crippen LogP contribution in [0, 0.1) is 10.8 Å². The predicted octanol–water partition coefficient (Wildman–Crippen LogP) is 3.97. The average molecular weight is 373 g/mol. The monoisotopic (exact) mass is 373 g/mol. The number of hydrogen-bond donors (Lipinski definition) is 3. The quantitative estimate of drug-likeness (QED) is 0.590. The number of rotatable bonds is 5. The summed E-state index contributed by atoms with van der Waals surface area (Å²) in [6.07, 6.45) is 4.25. The number of amides is 1. The van der Waals surface area contributed by atoms with Crippen molar-refractivity contribution in [1.82, 2.24) is 14.9 Å². The van der Waals surface area contributed by atoms with Crippen molar-refractivity contribution in [3.63, 3.8) is 0 Å². The van der Waals surface area contributed by atoms with Crippen molar-refractivity contribution >= 4 is 29.4 Å². The Morgan fingerprint density at radius 3 is 2.39 bits per heavy atom. The lowest BCUT2D eigenvalue weighted by Gasteiger charge is -2.31. The van der Waals surface area contributed by atoms with Crippen LogP contribution in [0.15, 0.2) is 48.5 Å². The maximum Gasteiger partial charge on any atom is 0.253 e. The summed E-state index contributed by atoms with van der Waals surface area (Å²) in [7, 11) is 0. The van der Waals surface area contributed by atoms with E-state index >= 15 is 0 Å². The molecule has 0 spiro atoms. The summed E-state index contributed by atoms with van der Waals surface area (Å²) in [5, 5.41) is 14.7. The van der Waals surface area contributed by atoms with E-state index in [1.807, 2.05) is 41.3 Å². The highest BCUT2D eigenvalue weighted by Gasteiger charge is 2.26. The van der Waals surface area contributed by atoms with Crippen molar-refractivity contribution in [2.75, 3.05) is 13.1 Å². The van der Waals surface area contributed by atoms with Gasteiger partial charge in [0.15, 0.2) is 0 Å². The molecule has 1 amide bonds. The number of nitrogens with one attached hydrogen (secondary N) is 3. The minimum Gasteiger partial charge on any atom is -0.342 e. The van der Waals surface area contributed by atoms with Crippen LogP contribution >= 0.6 is 0 Å². The van der Waals surface area contributed by atoms with Crippen LogP contribution in [0.3, 0.4) is 0 Å². The fourth-order valence-corrected chi connectivity index (χ4v) is 3.79. The summed E-state index contributed by atoms with van der Waals surface area (Å²) in [5.74, 6) is 1.07. The van der Waals surface area contributed by atoms with E-state index in [4.69, 9.17) is 15.8 Å². The molecule has 1 saturated heterocycles. The van der Waals surface area contributed by atoms with E-state index in [9.17, 15) is 4.79 Å². The fraction of sp³-hybridized carbons (Fsp3) is 0.273. The van der Waals surface area contributed by atoms with E-state index in [2.05, 4.69) is 4.98 Å². The Hall–Kier alpha value is -3.28. The van der Waals surface area contributed by atoms with Gasteiger partial charge in [-0.05, 0) is 42.7 Å². The third-order valence-corrected chi connectivity index (χ3v) is 5.48. The van der Waals surface area contributed by atoms with Crippen LogP contribution in [-0.2, 0) is 0 Å². The summed E-state index contributed by atoms with van der Waals surface area (Å²) in [4.78, 5) is 22.8. The van der Waals surface area contributed by atoms with Gasteiger partial charge in [0, 0.05) is 37.0 Å². The number of imidazole rings is 1. The number of fused-ring (bicyclic) bond motifs is 1. The second-order valence-electron chi connectivity index (χ2n) is 7.19. The smallest absolute Gasteiger partial charge is 0.253 e. The van der Waals surface area contributed by atoms with Gasteiger partial charge in [-0.25, -0.2) is 4.98 Å². The zero-order chi connectivity index (χ0) is 19.5. The molecule has 0 atom stereocenters. The molecule has 6 nitrogen and oxygen atoms in total. The van der Waals surface area contributed by atoms with Crippen LogP contribution in [-0.4, -0.2) is 46.3 Å².